The van der Waals surface area contributed by atoms with Gasteiger partial charge in [0.05, 0.1) is 15.6 Å². The Balaban J connectivity index is 1.47. The first-order valence-corrected chi connectivity index (χ1v) is 10.4. The highest BCUT2D eigenvalue weighted by Crippen LogP contribution is 2.28. The lowest BCUT2D eigenvalue weighted by molar-refractivity contribution is 0.102. The van der Waals surface area contributed by atoms with Crippen LogP contribution in [0.15, 0.2) is 65.2 Å². The summed E-state index contributed by atoms with van der Waals surface area (Å²) < 4.78 is 5.76. The summed E-state index contributed by atoms with van der Waals surface area (Å²) >= 11 is 13.5. The first-order chi connectivity index (χ1) is 14.0. The summed E-state index contributed by atoms with van der Waals surface area (Å²) in [5.41, 5.74) is 2.44. The van der Waals surface area contributed by atoms with Gasteiger partial charge in [0.15, 0.2) is 5.13 Å². The molecule has 146 valence electrons. The van der Waals surface area contributed by atoms with E-state index < -0.39 is 0 Å². The van der Waals surface area contributed by atoms with Crippen LogP contribution in [0.25, 0.3) is 11.3 Å². The zero-order valence-electron chi connectivity index (χ0n) is 15.4. The molecule has 1 amide bonds. The van der Waals surface area contributed by atoms with Gasteiger partial charge in [0.1, 0.15) is 11.5 Å². The molecule has 0 aliphatic heterocycles. The summed E-state index contributed by atoms with van der Waals surface area (Å²) in [6.45, 7) is 1.78. The summed E-state index contributed by atoms with van der Waals surface area (Å²) in [6, 6.07) is 17.0. The number of nitrogens with zero attached hydrogens (tertiary/aromatic N) is 1. The molecular formula is C22H16Cl2N2O2S. The number of aromatic nitrogens is 1. The minimum Gasteiger partial charge on any atom is -0.461 e. The summed E-state index contributed by atoms with van der Waals surface area (Å²) in [5.74, 6) is 0.977. The van der Waals surface area contributed by atoms with Crippen LogP contribution in [0.3, 0.4) is 0 Å². The molecule has 2 aromatic carbocycles. The minimum absolute atomic E-state index is 0.246. The quantitative estimate of drug-likeness (QED) is 0.367. The van der Waals surface area contributed by atoms with E-state index in [1.165, 1.54) is 11.3 Å². The molecule has 0 spiro atoms. The Hall–Kier alpha value is -2.60. The van der Waals surface area contributed by atoms with E-state index in [4.69, 9.17) is 27.6 Å². The Morgan fingerprint density at radius 1 is 1.10 bits per heavy atom. The summed E-state index contributed by atoms with van der Waals surface area (Å²) in [7, 11) is 0. The molecule has 4 nitrogen and oxygen atoms in total. The van der Waals surface area contributed by atoms with E-state index in [9.17, 15) is 4.79 Å². The van der Waals surface area contributed by atoms with Crippen LogP contribution in [0.4, 0.5) is 5.13 Å². The zero-order chi connectivity index (χ0) is 20.4. The fraction of sp³-hybridized carbons (Fsp3) is 0.0909. The average molecular weight is 443 g/mol. The van der Waals surface area contributed by atoms with Gasteiger partial charge in [-0.05, 0) is 30.7 Å². The molecule has 0 atom stereocenters. The lowest BCUT2D eigenvalue weighted by Gasteiger charge is -2.01. The Morgan fingerprint density at radius 3 is 2.66 bits per heavy atom. The highest BCUT2D eigenvalue weighted by molar-refractivity contribution is 7.15. The molecule has 0 saturated heterocycles. The highest BCUT2D eigenvalue weighted by atomic mass is 35.5. The van der Waals surface area contributed by atoms with Crippen LogP contribution in [0.5, 0.6) is 0 Å². The monoisotopic (exact) mass is 442 g/mol. The molecular weight excluding hydrogens is 427 g/mol. The first-order valence-electron chi connectivity index (χ1n) is 8.85. The summed E-state index contributed by atoms with van der Waals surface area (Å²) in [6.07, 6.45) is 2.41. The number of carbonyl (C=O) groups excluding carboxylic acids is 1. The Labute approximate surface area is 182 Å². The number of nitrogens with one attached hydrogen (secondary N) is 1. The van der Waals surface area contributed by atoms with Gasteiger partial charge >= 0.3 is 0 Å². The van der Waals surface area contributed by atoms with Gasteiger partial charge in [0, 0.05) is 23.1 Å². The number of hydrogen-bond acceptors (Lipinski definition) is 4. The Bertz CT molecular complexity index is 1170. The molecule has 0 radical (unpaired) electrons. The van der Waals surface area contributed by atoms with Gasteiger partial charge in [-0.3, -0.25) is 10.1 Å². The van der Waals surface area contributed by atoms with E-state index in [1.54, 1.807) is 25.3 Å². The predicted octanol–water partition coefficient (Wildman–Crippen LogP) is 6.86. The standard InChI is InChI=1S/C22H16Cl2N2O2S/c1-13-17(11-20(28-13)15-5-3-2-4-6-15)21(27)26-22-25-12-16(29-22)9-14-7-8-18(23)19(24)10-14/h2-8,10-12H,9H2,1H3,(H,25,26,27). The van der Waals surface area contributed by atoms with Crippen LogP contribution >= 0.6 is 34.5 Å². The number of rotatable bonds is 5. The predicted molar refractivity (Wildman–Crippen MR) is 118 cm³/mol. The number of furan rings is 1. The molecule has 4 rings (SSSR count). The molecule has 7 heteroatoms. The SMILES string of the molecule is Cc1oc(-c2ccccc2)cc1C(=O)Nc1ncc(Cc2ccc(Cl)c(Cl)c2)s1. The zero-order valence-corrected chi connectivity index (χ0v) is 17.7. The van der Waals surface area contributed by atoms with Gasteiger partial charge in [0.2, 0.25) is 0 Å². The molecule has 1 N–H and O–H groups in total. The van der Waals surface area contributed by atoms with Crippen LogP contribution in [-0.4, -0.2) is 10.9 Å². The number of anilines is 1. The van der Waals surface area contributed by atoms with Crippen molar-refractivity contribution in [3.8, 4) is 11.3 Å². The van der Waals surface area contributed by atoms with Crippen LogP contribution in [0, 0.1) is 6.92 Å². The lowest BCUT2D eigenvalue weighted by atomic mass is 10.1. The Morgan fingerprint density at radius 2 is 1.90 bits per heavy atom. The maximum absolute atomic E-state index is 12.7. The highest BCUT2D eigenvalue weighted by Gasteiger charge is 2.17. The van der Waals surface area contributed by atoms with E-state index in [1.807, 2.05) is 42.5 Å². The number of amides is 1. The van der Waals surface area contributed by atoms with E-state index in [0.717, 1.165) is 16.0 Å². The minimum atomic E-state index is -0.246. The van der Waals surface area contributed by atoms with Crippen molar-refractivity contribution in [2.45, 2.75) is 13.3 Å². The average Bonchev–Trinajstić information content (AvgIpc) is 3.32. The van der Waals surface area contributed by atoms with Crippen molar-refractivity contribution in [3.05, 3.63) is 92.6 Å². The van der Waals surface area contributed by atoms with Gasteiger partial charge < -0.3 is 4.42 Å². The summed E-state index contributed by atoms with van der Waals surface area (Å²) in [5, 5.41) is 4.43. The molecule has 0 saturated carbocycles. The number of halogens is 2. The molecule has 0 unspecified atom stereocenters. The first kappa shape index (κ1) is 19.7. The molecule has 4 aromatic rings. The number of carbonyl (C=O) groups is 1. The fourth-order valence-corrected chi connectivity index (χ4v) is 4.08. The Kier molecular flexibility index (Phi) is 5.72. The van der Waals surface area contributed by atoms with E-state index in [-0.39, 0.29) is 5.91 Å². The third-order valence-corrected chi connectivity index (χ3v) is 6.01. The van der Waals surface area contributed by atoms with Crippen LogP contribution in [0.2, 0.25) is 10.0 Å². The fourth-order valence-electron chi connectivity index (χ4n) is 2.91. The molecule has 0 aliphatic rings. The molecule has 0 aliphatic carbocycles. The smallest absolute Gasteiger partial charge is 0.261 e. The van der Waals surface area contributed by atoms with E-state index in [2.05, 4.69) is 10.3 Å². The number of aryl methyl sites for hydroxylation is 1. The van der Waals surface area contributed by atoms with Gasteiger partial charge in [-0.2, -0.15) is 0 Å². The molecule has 0 bridgehead atoms. The second-order valence-corrected chi connectivity index (χ2v) is 8.39. The van der Waals surface area contributed by atoms with Gasteiger partial charge in [-0.15, -0.1) is 11.3 Å². The normalized spacial score (nSPS) is 10.9. The molecule has 2 heterocycles. The van der Waals surface area contributed by atoms with Crippen LogP contribution < -0.4 is 5.32 Å². The largest absolute Gasteiger partial charge is 0.461 e. The van der Waals surface area contributed by atoms with Gasteiger partial charge in [-0.1, -0.05) is 59.6 Å². The maximum Gasteiger partial charge on any atom is 0.261 e. The third kappa shape index (κ3) is 4.53. The molecule has 29 heavy (non-hydrogen) atoms. The van der Waals surface area contributed by atoms with Gasteiger partial charge in [0.25, 0.3) is 5.91 Å². The van der Waals surface area contributed by atoms with Crippen molar-refractivity contribution in [3.63, 3.8) is 0 Å². The third-order valence-electron chi connectivity index (χ3n) is 4.36. The van der Waals surface area contributed by atoms with Crippen molar-refractivity contribution in [1.82, 2.24) is 4.98 Å². The topological polar surface area (TPSA) is 55.1 Å². The van der Waals surface area contributed by atoms with E-state index in [0.29, 0.717) is 38.7 Å². The number of hydrogen-bond donors (Lipinski definition) is 1. The van der Waals surface area contributed by atoms with Crippen LogP contribution in [0.1, 0.15) is 26.6 Å². The van der Waals surface area contributed by atoms with Crippen molar-refractivity contribution in [2.75, 3.05) is 5.32 Å². The lowest BCUT2D eigenvalue weighted by Crippen LogP contribution is -2.11. The second-order valence-electron chi connectivity index (χ2n) is 6.46. The van der Waals surface area contributed by atoms with Crippen molar-refractivity contribution >= 4 is 45.6 Å². The van der Waals surface area contributed by atoms with Gasteiger partial charge in [-0.25, -0.2) is 4.98 Å². The van der Waals surface area contributed by atoms with Crippen LogP contribution in [-0.2, 0) is 6.42 Å². The van der Waals surface area contributed by atoms with Crippen molar-refractivity contribution in [1.29, 1.82) is 0 Å². The summed E-state index contributed by atoms with van der Waals surface area (Å²) in [4.78, 5) is 18.0. The molecule has 2 aromatic heterocycles. The van der Waals surface area contributed by atoms with Crippen molar-refractivity contribution < 1.29 is 9.21 Å². The number of benzene rings is 2. The van der Waals surface area contributed by atoms with Crippen molar-refractivity contribution in [2.24, 2.45) is 0 Å². The second kappa shape index (κ2) is 8.41. The molecule has 0 fully saturated rings. The number of thiazole rings is 1. The maximum atomic E-state index is 12.7. The van der Waals surface area contributed by atoms with E-state index >= 15 is 0 Å².